The SMILES string of the molecule is CCCNC(=O)C(C)N(Cc1ccccc1F)C(=O)COc1cc(C)cc(C)c1. The van der Waals surface area contributed by atoms with E-state index in [0.717, 1.165) is 17.5 Å². The van der Waals surface area contributed by atoms with Gasteiger partial charge in [0.2, 0.25) is 5.91 Å². The lowest BCUT2D eigenvalue weighted by atomic mass is 10.1. The second-order valence-electron chi connectivity index (χ2n) is 7.19. The van der Waals surface area contributed by atoms with Gasteiger partial charge in [0.15, 0.2) is 6.61 Å². The first-order valence-corrected chi connectivity index (χ1v) is 9.83. The molecular formula is C23H29FN2O3. The van der Waals surface area contributed by atoms with E-state index in [4.69, 9.17) is 4.74 Å². The van der Waals surface area contributed by atoms with E-state index < -0.39 is 11.9 Å². The van der Waals surface area contributed by atoms with Crippen molar-refractivity contribution in [3.05, 3.63) is 65.0 Å². The standard InChI is InChI=1S/C23H29FN2O3/c1-5-10-25-23(28)18(4)26(14-19-8-6-7-9-21(19)24)22(27)15-29-20-12-16(2)11-17(3)13-20/h6-9,11-13,18H,5,10,14-15H2,1-4H3,(H,25,28). The Kier molecular flexibility index (Phi) is 8.19. The van der Waals surface area contributed by atoms with Gasteiger partial charge in [0.25, 0.3) is 5.91 Å². The molecule has 1 unspecified atom stereocenters. The van der Waals surface area contributed by atoms with Gasteiger partial charge < -0.3 is 15.0 Å². The Bertz CT molecular complexity index is 834. The zero-order valence-corrected chi connectivity index (χ0v) is 17.5. The number of carbonyl (C=O) groups excluding carboxylic acids is 2. The van der Waals surface area contributed by atoms with Gasteiger partial charge in [-0.2, -0.15) is 0 Å². The quantitative estimate of drug-likeness (QED) is 0.697. The molecule has 0 aliphatic heterocycles. The number of benzene rings is 2. The molecule has 2 rings (SSSR count). The Morgan fingerprint density at radius 1 is 1.14 bits per heavy atom. The van der Waals surface area contributed by atoms with Crippen LogP contribution >= 0.6 is 0 Å². The first-order chi connectivity index (χ1) is 13.8. The highest BCUT2D eigenvalue weighted by molar-refractivity contribution is 5.87. The highest BCUT2D eigenvalue weighted by Crippen LogP contribution is 2.17. The summed E-state index contributed by atoms with van der Waals surface area (Å²) in [6, 6.07) is 11.2. The maximum atomic E-state index is 14.2. The van der Waals surface area contributed by atoms with Crippen molar-refractivity contribution in [2.45, 2.75) is 46.7 Å². The summed E-state index contributed by atoms with van der Waals surface area (Å²) in [7, 11) is 0. The number of carbonyl (C=O) groups is 2. The predicted octanol–water partition coefficient (Wildman–Crippen LogP) is 3.76. The molecule has 2 amide bonds. The van der Waals surface area contributed by atoms with Crippen molar-refractivity contribution < 1.29 is 18.7 Å². The summed E-state index contributed by atoms with van der Waals surface area (Å²) in [5.74, 6) is -0.485. The number of ether oxygens (including phenoxy) is 1. The van der Waals surface area contributed by atoms with Crippen LogP contribution in [0.25, 0.3) is 0 Å². The van der Waals surface area contributed by atoms with Gasteiger partial charge in [0.1, 0.15) is 17.6 Å². The third-order valence-corrected chi connectivity index (χ3v) is 4.57. The molecule has 0 heterocycles. The second kappa shape index (κ2) is 10.6. The van der Waals surface area contributed by atoms with Gasteiger partial charge in [-0.1, -0.05) is 31.2 Å². The molecule has 6 heteroatoms. The fourth-order valence-corrected chi connectivity index (χ4v) is 3.03. The molecule has 2 aromatic rings. The molecule has 0 aliphatic rings. The Morgan fingerprint density at radius 2 is 1.79 bits per heavy atom. The van der Waals surface area contributed by atoms with E-state index in [1.165, 1.54) is 11.0 Å². The van der Waals surface area contributed by atoms with Gasteiger partial charge in [-0.3, -0.25) is 9.59 Å². The molecule has 0 fully saturated rings. The highest BCUT2D eigenvalue weighted by atomic mass is 19.1. The Hall–Kier alpha value is -2.89. The van der Waals surface area contributed by atoms with Crippen LogP contribution in [0.15, 0.2) is 42.5 Å². The van der Waals surface area contributed by atoms with Crippen molar-refractivity contribution in [1.29, 1.82) is 0 Å². The van der Waals surface area contributed by atoms with Crippen molar-refractivity contribution in [1.82, 2.24) is 10.2 Å². The summed E-state index contributed by atoms with van der Waals surface area (Å²) in [5.41, 5.74) is 2.41. The average Bonchev–Trinajstić information content (AvgIpc) is 2.68. The third-order valence-electron chi connectivity index (χ3n) is 4.57. The third kappa shape index (κ3) is 6.59. The molecule has 0 aromatic heterocycles. The molecule has 2 aromatic carbocycles. The average molecular weight is 400 g/mol. The van der Waals surface area contributed by atoms with E-state index >= 15 is 0 Å². The zero-order chi connectivity index (χ0) is 21.4. The van der Waals surface area contributed by atoms with Crippen LogP contribution in [0.5, 0.6) is 5.75 Å². The molecular weight excluding hydrogens is 371 g/mol. The maximum absolute atomic E-state index is 14.2. The van der Waals surface area contributed by atoms with Crippen LogP contribution in [-0.2, 0) is 16.1 Å². The fraction of sp³-hybridized carbons (Fsp3) is 0.391. The Morgan fingerprint density at radius 3 is 2.41 bits per heavy atom. The van der Waals surface area contributed by atoms with Crippen LogP contribution in [0.2, 0.25) is 0 Å². The molecule has 1 N–H and O–H groups in total. The summed E-state index contributed by atoms with van der Waals surface area (Å²) in [6.07, 6.45) is 0.787. The van der Waals surface area contributed by atoms with Crippen LogP contribution in [0.3, 0.4) is 0 Å². The lowest BCUT2D eigenvalue weighted by Crippen LogP contribution is -2.49. The monoisotopic (exact) mass is 400 g/mol. The smallest absolute Gasteiger partial charge is 0.261 e. The summed E-state index contributed by atoms with van der Waals surface area (Å²) in [6.45, 7) is 7.76. The number of amides is 2. The number of rotatable bonds is 9. The summed E-state index contributed by atoms with van der Waals surface area (Å²) < 4.78 is 19.8. The lowest BCUT2D eigenvalue weighted by Gasteiger charge is -2.29. The van der Waals surface area contributed by atoms with Gasteiger partial charge in [-0.15, -0.1) is 0 Å². The van der Waals surface area contributed by atoms with Crippen molar-refractivity contribution in [3.63, 3.8) is 0 Å². The minimum Gasteiger partial charge on any atom is -0.484 e. The van der Waals surface area contributed by atoms with Crippen molar-refractivity contribution in [3.8, 4) is 5.75 Å². The molecule has 0 spiro atoms. The molecule has 0 saturated heterocycles. The Balaban J connectivity index is 2.17. The zero-order valence-electron chi connectivity index (χ0n) is 17.5. The minimum atomic E-state index is -0.753. The number of hydrogen-bond acceptors (Lipinski definition) is 3. The van der Waals surface area contributed by atoms with Crippen LogP contribution < -0.4 is 10.1 Å². The first kappa shape index (κ1) is 22.4. The van der Waals surface area contributed by atoms with Crippen molar-refractivity contribution >= 4 is 11.8 Å². The fourth-order valence-electron chi connectivity index (χ4n) is 3.03. The Labute approximate surface area is 171 Å². The van der Waals surface area contributed by atoms with Crippen molar-refractivity contribution in [2.75, 3.05) is 13.2 Å². The van der Waals surface area contributed by atoms with Crippen LogP contribution in [0.4, 0.5) is 4.39 Å². The largest absolute Gasteiger partial charge is 0.484 e. The molecule has 5 nitrogen and oxygen atoms in total. The molecule has 0 bridgehead atoms. The van der Waals surface area contributed by atoms with E-state index in [-0.39, 0.29) is 25.0 Å². The number of nitrogens with one attached hydrogen (secondary N) is 1. The molecule has 29 heavy (non-hydrogen) atoms. The molecule has 1 atom stereocenters. The summed E-state index contributed by atoms with van der Waals surface area (Å²) >= 11 is 0. The molecule has 156 valence electrons. The lowest BCUT2D eigenvalue weighted by molar-refractivity contribution is -0.142. The predicted molar refractivity (Wildman–Crippen MR) is 111 cm³/mol. The summed E-state index contributed by atoms with van der Waals surface area (Å²) in [5, 5.41) is 2.79. The van der Waals surface area contributed by atoms with Gasteiger partial charge in [-0.25, -0.2) is 4.39 Å². The van der Waals surface area contributed by atoms with Gasteiger partial charge in [-0.05, 0) is 56.5 Å². The van der Waals surface area contributed by atoms with E-state index in [9.17, 15) is 14.0 Å². The molecule has 0 saturated carbocycles. The number of halogens is 1. The number of hydrogen-bond donors (Lipinski definition) is 1. The number of aryl methyl sites for hydroxylation is 2. The van der Waals surface area contributed by atoms with Gasteiger partial charge in [0.05, 0.1) is 0 Å². The van der Waals surface area contributed by atoms with Crippen LogP contribution in [0, 0.1) is 19.7 Å². The normalized spacial score (nSPS) is 11.6. The second-order valence-corrected chi connectivity index (χ2v) is 7.19. The molecule has 0 radical (unpaired) electrons. The van der Waals surface area contributed by atoms with E-state index in [2.05, 4.69) is 5.32 Å². The summed E-state index contributed by atoms with van der Waals surface area (Å²) in [4.78, 5) is 26.7. The van der Waals surface area contributed by atoms with Crippen LogP contribution in [-0.4, -0.2) is 35.9 Å². The minimum absolute atomic E-state index is 0.0115. The molecule has 0 aliphatic carbocycles. The highest BCUT2D eigenvalue weighted by Gasteiger charge is 2.27. The van der Waals surface area contributed by atoms with Gasteiger partial charge >= 0.3 is 0 Å². The first-order valence-electron chi connectivity index (χ1n) is 9.83. The maximum Gasteiger partial charge on any atom is 0.261 e. The van der Waals surface area contributed by atoms with Crippen LogP contribution in [0.1, 0.15) is 37.0 Å². The van der Waals surface area contributed by atoms with E-state index in [0.29, 0.717) is 17.9 Å². The van der Waals surface area contributed by atoms with Gasteiger partial charge in [0, 0.05) is 18.7 Å². The topological polar surface area (TPSA) is 58.6 Å². The number of nitrogens with zero attached hydrogens (tertiary/aromatic N) is 1. The van der Waals surface area contributed by atoms with E-state index in [1.54, 1.807) is 25.1 Å². The van der Waals surface area contributed by atoms with E-state index in [1.807, 2.05) is 39.0 Å². The van der Waals surface area contributed by atoms with Crippen molar-refractivity contribution in [2.24, 2.45) is 0 Å².